The topological polar surface area (TPSA) is 40.6 Å². The van der Waals surface area contributed by atoms with Crippen molar-refractivity contribution in [3.05, 3.63) is 35.9 Å². The number of carbonyl (C=O) groups is 2. The van der Waals surface area contributed by atoms with Gasteiger partial charge in [-0.25, -0.2) is 0 Å². The van der Waals surface area contributed by atoms with Crippen LogP contribution < -0.4 is 0 Å². The zero-order chi connectivity index (χ0) is 12.8. The molecule has 0 saturated carbocycles. The molecule has 0 aromatic heterocycles. The number of hydrogen-bond acceptors (Lipinski definition) is 2. The smallest absolute Gasteiger partial charge is 0.254 e. The zero-order valence-corrected chi connectivity index (χ0v) is 10.5. The Labute approximate surface area is 102 Å². The van der Waals surface area contributed by atoms with Gasteiger partial charge in [-0.2, -0.15) is 0 Å². The second-order valence-corrected chi connectivity index (χ2v) is 3.94. The number of nitrogens with zero attached hydrogens (tertiary/aromatic N) is 2. The van der Waals surface area contributed by atoms with Crippen LogP contribution in [0.25, 0.3) is 0 Å². The fraction of sp³-hybridized carbons (Fsp3) is 0.385. The molecule has 0 aliphatic heterocycles. The molecule has 0 unspecified atom stereocenters. The van der Waals surface area contributed by atoms with Crippen molar-refractivity contribution in [2.45, 2.75) is 6.92 Å². The van der Waals surface area contributed by atoms with E-state index in [1.807, 2.05) is 13.0 Å². The van der Waals surface area contributed by atoms with Crippen LogP contribution in [0, 0.1) is 0 Å². The largest absolute Gasteiger partial charge is 0.345 e. The summed E-state index contributed by atoms with van der Waals surface area (Å²) in [6.45, 7) is 2.65. The van der Waals surface area contributed by atoms with Crippen molar-refractivity contribution in [3.8, 4) is 0 Å². The first-order chi connectivity index (χ1) is 8.06. The van der Waals surface area contributed by atoms with Crippen LogP contribution in [0.2, 0.25) is 0 Å². The molecule has 1 aromatic rings. The van der Waals surface area contributed by atoms with Gasteiger partial charge in [0.25, 0.3) is 5.91 Å². The van der Waals surface area contributed by atoms with E-state index in [1.165, 1.54) is 4.90 Å². The molecule has 4 nitrogen and oxygen atoms in total. The van der Waals surface area contributed by atoms with E-state index in [9.17, 15) is 9.59 Å². The molecule has 0 saturated heterocycles. The van der Waals surface area contributed by atoms with Crippen LogP contribution in [0.5, 0.6) is 0 Å². The summed E-state index contributed by atoms with van der Waals surface area (Å²) in [6, 6.07) is 8.95. The quantitative estimate of drug-likeness (QED) is 0.786. The summed E-state index contributed by atoms with van der Waals surface area (Å²) >= 11 is 0. The van der Waals surface area contributed by atoms with E-state index in [0.717, 1.165) is 0 Å². The molecule has 17 heavy (non-hydrogen) atoms. The number of carbonyl (C=O) groups excluding carboxylic acids is 2. The maximum atomic E-state index is 11.9. The van der Waals surface area contributed by atoms with Crippen LogP contribution in [-0.4, -0.2) is 48.8 Å². The molecule has 0 heterocycles. The fourth-order valence-electron chi connectivity index (χ4n) is 1.37. The maximum absolute atomic E-state index is 11.9. The highest BCUT2D eigenvalue weighted by atomic mass is 16.2. The van der Waals surface area contributed by atoms with E-state index >= 15 is 0 Å². The summed E-state index contributed by atoms with van der Waals surface area (Å²) in [6.07, 6.45) is 0. The van der Waals surface area contributed by atoms with Gasteiger partial charge in [0.15, 0.2) is 0 Å². The highest BCUT2D eigenvalue weighted by Crippen LogP contribution is 2.03. The van der Waals surface area contributed by atoms with Crippen molar-refractivity contribution in [1.29, 1.82) is 0 Å². The normalized spacial score (nSPS) is 9.82. The molecule has 1 rings (SSSR count). The van der Waals surface area contributed by atoms with E-state index in [2.05, 4.69) is 0 Å². The number of hydrogen-bond donors (Lipinski definition) is 0. The maximum Gasteiger partial charge on any atom is 0.254 e. The van der Waals surface area contributed by atoms with Gasteiger partial charge in [-0.3, -0.25) is 9.59 Å². The Hall–Kier alpha value is -1.84. The Bertz CT molecular complexity index is 390. The molecular weight excluding hydrogens is 216 g/mol. The monoisotopic (exact) mass is 234 g/mol. The summed E-state index contributed by atoms with van der Waals surface area (Å²) in [4.78, 5) is 26.6. The predicted molar refractivity (Wildman–Crippen MR) is 66.7 cm³/mol. The third-order valence-electron chi connectivity index (χ3n) is 2.64. The minimum atomic E-state index is -0.136. The summed E-state index contributed by atoms with van der Waals surface area (Å²) in [5, 5.41) is 0. The summed E-state index contributed by atoms with van der Waals surface area (Å²) in [5.74, 6) is -0.192. The Morgan fingerprint density at radius 1 is 1.06 bits per heavy atom. The highest BCUT2D eigenvalue weighted by Gasteiger charge is 2.16. The Kier molecular flexibility index (Phi) is 4.69. The second kappa shape index (κ2) is 6.03. The van der Waals surface area contributed by atoms with Gasteiger partial charge in [-0.1, -0.05) is 18.2 Å². The number of rotatable bonds is 4. The summed E-state index contributed by atoms with van der Waals surface area (Å²) in [5.41, 5.74) is 0.599. The highest BCUT2D eigenvalue weighted by molar-refractivity contribution is 5.96. The zero-order valence-electron chi connectivity index (χ0n) is 10.5. The second-order valence-electron chi connectivity index (χ2n) is 3.94. The van der Waals surface area contributed by atoms with Gasteiger partial charge in [-0.05, 0) is 19.1 Å². The van der Waals surface area contributed by atoms with Crippen molar-refractivity contribution in [1.82, 2.24) is 9.80 Å². The van der Waals surface area contributed by atoms with Crippen LogP contribution in [0.1, 0.15) is 17.3 Å². The van der Waals surface area contributed by atoms with Gasteiger partial charge >= 0.3 is 0 Å². The minimum absolute atomic E-state index is 0.0562. The van der Waals surface area contributed by atoms with Crippen molar-refractivity contribution in [2.24, 2.45) is 0 Å². The first-order valence-corrected chi connectivity index (χ1v) is 5.60. The van der Waals surface area contributed by atoms with E-state index in [4.69, 9.17) is 0 Å². The van der Waals surface area contributed by atoms with Crippen LogP contribution in [0.3, 0.4) is 0 Å². The molecule has 1 aromatic carbocycles. The van der Waals surface area contributed by atoms with Crippen molar-refractivity contribution in [3.63, 3.8) is 0 Å². The van der Waals surface area contributed by atoms with Crippen LogP contribution >= 0.6 is 0 Å². The lowest BCUT2D eigenvalue weighted by Gasteiger charge is -2.20. The van der Waals surface area contributed by atoms with Gasteiger partial charge < -0.3 is 9.80 Å². The van der Waals surface area contributed by atoms with E-state index in [0.29, 0.717) is 12.1 Å². The lowest BCUT2D eigenvalue weighted by molar-refractivity contribution is -0.130. The van der Waals surface area contributed by atoms with Crippen molar-refractivity contribution in [2.75, 3.05) is 27.2 Å². The average molecular weight is 234 g/mol. The molecule has 0 fully saturated rings. The van der Waals surface area contributed by atoms with Crippen LogP contribution in [-0.2, 0) is 4.79 Å². The molecule has 2 amide bonds. The molecule has 0 N–H and O–H groups in total. The van der Waals surface area contributed by atoms with Gasteiger partial charge in [0.05, 0.1) is 6.54 Å². The molecule has 0 atom stereocenters. The number of benzene rings is 1. The van der Waals surface area contributed by atoms with Gasteiger partial charge in [0.1, 0.15) is 0 Å². The molecule has 4 heteroatoms. The molecule has 0 spiro atoms. The molecule has 0 radical (unpaired) electrons. The molecular formula is C13H18N2O2. The van der Waals surface area contributed by atoms with Crippen LogP contribution in [0.4, 0.5) is 0 Å². The number of amides is 2. The van der Waals surface area contributed by atoms with Crippen molar-refractivity contribution >= 4 is 11.8 Å². The third kappa shape index (κ3) is 3.59. The number of likely N-dealkylation sites (N-methyl/N-ethyl adjacent to an activating group) is 2. The summed E-state index contributed by atoms with van der Waals surface area (Å²) < 4.78 is 0. The predicted octanol–water partition coefficient (Wildman–Crippen LogP) is 1.24. The molecule has 0 bridgehead atoms. The van der Waals surface area contributed by atoms with Crippen LogP contribution in [0.15, 0.2) is 30.3 Å². The third-order valence-corrected chi connectivity index (χ3v) is 2.64. The van der Waals surface area contributed by atoms with E-state index in [-0.39, 0.29) is 18.4 Å². The SMILES string of the molecule is CCN(C)C(=O)CN(C)C(=O)c1ccccc1. The van der Waals surface area contributed by atoms with Crippen molar-refractivity contribution < 1.29 is 9.59 Å². The van der Waals surface area contributed by atoms with Gasteiger partial charge in [0, 0.05) is 26.2 Å². The first-order valence-electron chi connectivity index (χ1n) is 5.60. The molecule has 92 valence electrons. The van der Waals surface area contributed by atoms with E-state index in [1.54, 1.807) is 43.3 Å². The first kappa shape index (κ1) is 13.2. The lowest BCUT2D eigenvalue weighted by Crippen LogP contribution is -2.39. The van der Waals surface area contributed by atoms with E-state index < -0.39 is 0 Å². The fourth-order valence-corrected chi connectivity index (χ4v) is 1.37. The molecule has 0 aliphatic carbocycles. The lowest BCUT2D eigenvalue weighted by atomic mass is 10.2. The summed E-state index contributed by atoms with van der Waals surface area (Å²) in [7, 11) is 3.36. The molecule has 0 aliphatic rings. The standard InChI is InChI=1S/C13H18N2O2/c1-4-14(2)12(16)10-15(3)13(17)11-8-6-5-7-9-11/h5-9H,4,10H2,1-3H3. The minimum Gasteiger partial charge on any atom is -0.345 e. The van der Waals surface area contributed by atoms with Gasteiger partial charge in [0.2, 0.25) is 5.91 Å². The average Bonchev–Trinajstić information content (AvgIpc) is 2.37. The van der Waals surface area contributed by atoms with Gasteiger partial charge in [-0.15, -0.1) is 0 Å². The Morgan fingerprint density at radius 3 is 2.18 bits per heavy atom. The Balaban J connectivity index is 2.62. The Morgan fingerprint density at radius 2 is 1.65 bits per heavy atom.